The number of amides is 2. The van der Waals surface area contributed by atoms with Crippen LogP contribution in [0.5, 0.6) is 5.75 Å². The molecule has 2 aliphatic rings. The van der Waals surface area contributed by atoms with E-state index in [0.717, 1.165) is 12.0 Å². The van der Waals surface area contributed by atoms with E-state index in [1.165, 1.54) is 16.0 Å². The van der Waals surface area contributed by atoms with Crippen LogP contribution < -0.4 is 4.74 Å². The van der Waals surface area contributed by atoms with Crippen LogP contribution >= 0.6 is 0 Å². The van der Waals surface area contributed by atoms with Gasteiger partial charge in [0.25, 0.3) is 11.8 Å². The summed E-state index contributed by atoms with van der Waals surface area (Å²) in [5, 5.41) is 0. The molecule has 0 saturated carbocycles. The first-order valence-electron chi connectivity index (χ1n) is 10.6. The number of methoxy groups -OCH3 is 1. The zero-order valence-corrected chi connectivity index (χ0v) is 17.8. The van der Waals surface area contributed by atoms with Crippen molar-refractivity contribution in [2.45, 2.75) is 19.5 Å². The number of nitrogens with zero attached hydrogens (tertiary/aromatic N) is 3. The molecular weight excluding hydrogens is 402 g/mol. The van der Waals surface area contributed by atoms with Gasteiger partial charge in [0.2, 0.25) is 0 Å². The maximum atomic E-state index is 13.7. The van der Waals surface area contributed by atoms with Crippen molar-refractivity contribution in [3.63, 3.8) is 0 Å². The van der Waals surface area contributed by atoms with Gasteiger partial charge in [-0.15, -0.1) is 0 Å². The van der Waals surface area contributed by atoms with Crippen LogP contribution in [0.2, 0.25) is 0 Å². The average Bonchev–Trinajstić information content (AvgIpc) is 3.09. The Morgan fingerprint density at radius 3 is 2.50 bits per heavy atom. The summed E-state index contributed by atoms with van der Waals surface area (Å²) < 4.78 is 5.54. The zero-order valence-electron chi connectivity index (χ0n) is 17.8. The van der Waals surface area contributed by atoms with Crippen LogP contribution in [0, 0.1) is 0 Å². The lowest BCUT2D eigenvalue weighted by Gasteiger charge is -2.31. The molecule has 0 radical (unpaired) electrons. The minimum Gasteiger partial charge on any atom is -0.496 e. The number of carbonyl (C=O) groups is 2. The minimum absolute atomic E-state index is 0.179. The standard InChI is InChI=1S/C26H23N3O3/c1-32-22-11-5-4-10-21(22)23-24(28-14-12-19-8-2-3-9-20(19)17-28)26(31)29(25(23)30)16-18-7-6-13-27-15-18/h2-11,13,15H,12,14,16-17H2,1H3. The van der Waals surface area contributed by atoms with Gasteiger partial charge in [0.15, 0.2) is 0 Å². The Kier molecular flexibility index (Phi) is 5.19. The predicted octanol–water partition coefficient (Wildman–Crippen LogP) is 3.43. The molecule has 32 heavy (non-hydrogen) atoms. The molecule has 0 N–H and O–H groups in total. The SMILES string of the molecule is COc1ccccc1C1=C(N2CCc3ccccc3C2)C(=O)N(Cc2cccnc2)C1=O. The fourth-order valence-corrected chi connectivity index (χ4v) is 4.45. The second-order valence-corrected chi connectivity index (χ2v) is 7.92. The second kappa shape index (κ2) is 8.30. The minimum atomic E-state index is -0.308. The van der Waals surface area contributed by atoms with Gasteiger partial charge < -0.3 is 9.64 Å². The number of para-hydroxylation sites is 1. The summed E-state index contributed by atoms with van der Waals surface area (Å²) in [4.78, 5) is 34.8. The topological polar surface area (TPSA) is 62.7 Å². The number of hydrogen-bond donors (Lipinski definition) is 0. The molecule has 0 unspecified atom stereocenters. The predicted molar refractivity (Wildman–Crippen MR) is 120 cm³/mol. The van der Waals surface area contributed by atoms with Crippen LogP contribution in [0.25, 0.3) is 5.57 Å². The summed E-state index contributed by atoms with van der Waals surface area (Å²) in [6, 6.07) is 19.3. The van der Waals surface area contributed by atoms with E-state index >= 15 is 0 Å². The third-order valence-electron chi connectivity index (χ3n) is 6.03. The molecule has 1 aromatic heterocycles. The van der Waals surface area contributed by atoms with Crippen molar-refractivity contribution in [1.29, 1.82) is 0 Å². The van der Waals surface area contributed by atoms with Crippen LogP contribution in [0.4, 0.5) is 0 Å². The average molecular weight is 425 g/mol. The maximum absolute atomic E-state index is 13.7. The van der Waals surface area contributed by atoms with Gasteiger partial charge in [0, 0.05) is 31.0 Å². The highest BCUT2D eigenvalue weighted by atomic mass is 16.5. The van der Waals surface area contributed by atoms with E-state index in [2.05, 4.69) is 17.1 Å². The molecule has 0 saturated heterocycles. The summed E-state index contributed by atoms with van der Waals surface area (Å²) in [7, 11) is 1.57. The van der Waals surface area contributed by atoms with Crippen molar-refractivity contribution >= 4 is 17.4 Å². The van der Waals surface area contributed by atoms with E-state index in [0.29, 0.717) is 35.7 Å². The maximum Gasteiger partial charge on any atom is 0.278 e. The first kappa shape index (κ1) is 20.0. The van der Waals surface area contributed by atoms with Crippen LogP contribution in [-0.4, -0.2) is 40.3 Å². The number of aromatic nitrogens is 1. The van der Waals surface area contributed by atoms with E-state index in [1.54, 1.807) is 25.6 Å². The molecule has 0 fully saturated rings. The number of benzene rings is 2. The van der Waals surface area contributed by atoms with Gasteiger partial charge in [0.05, 0.1) is 19.2 Å². The van der Waals surface area contributed by atoms with Crippen molar-refractivity contribution in [2.75, 3.05) is 13.7 Å². The lowest BCUT2D eigenvalue weighted by atomic mass is 9.97. The lowest BCUT2D eigenvalue weighted by Crippen LogP contribution is -2.37. The van der Waals surface area contributed by atoms with Crippen molar-refractivity contribution in [1.82, 2.24) is 14.8 Å². The van der Waals surface area contributed by atoms with E-state index in [-0.39, 0.29) is 18.4 Å². The Morgan fingerprint density at radius 2 is 1.72 bits per heavy atom. The first-order chi connectivity index (χ1) is 15.7. The second-order valence-electron chi connectivity index (χ2n) is 7.92. The fraction of sp³-hybridized carbons (Fsp3) is 0.192. The molecule has 5 rings (SSSR count). The van der Waals surface area contributed by atoms with Gasteiger partial charge in [-0.3, -0.25) is 19.5 Å². The Balaban J connectivity index is 1.59. The molecule has 160 valence electrons. The molecule has 0 atom stereocenters. The Labute approximate surface area is 186 Å². The summed E-state index contributed by atoms with van der Waals surface area (Å²) in [5.41, 5.74) is 4.74. The molecular formula is C26H23N3O3. The highest BCUT2D eigenvalue weighted by Crippen LogP contribution is 2.38. The smallest absolute Gasteiger partial charge is 0.278 e. The Hall–Kier alpha value is -3.93. The van der Waals surface area contributed by atoms with Crippen LogP contribution in [0.3, 0.4) is 0 Å². The highest BCUT2D eigenvalue weighted by molar-refractivity contribution is 6.35. The van der Waals surface area contributed by atoms with Gasteiger partial charge in [0.1, 0.15) is 11.4 Å². The molecule has 0 bridgehead atoms. The third-order valence-corrected chi connectivity index (χ3v) is 6.03. The van der Waals surface area contributed by atoms with Gasteiger partial charge in [-0.2, -0.15) is 0 Å². The summed E-state index contributed by atoms with van der Waals surface area (Å²) in [6.45, 7) is 1.44. The molecule has 0 spiro atoms. The highest BCUT2D eigenvalue weighted by Gasteiger charge is 2.43. The molecule has 2 aliphatic heterocycles. The first-order valence-corrected chi connectivity index (χ1v) is 10.6. The van der Waals surface area contributed by atoms with Gasteiger partial charge in [-0.25, -0.2) is 0 Å². The third kappa shape index (κ3) is 3.43. The molecule has 6 nitrogen and oxygen atoms in total. The number of pyridine rings is 1. The number of rotatable bonds is 5. The molecule has 2 amide bonds. The molecule has 3 heterocycles. The van der Waals surface area contributed by atoms with Gasteiger partial charge in [-0.1, -0.05) is 48.5 Å². The number of fused-ring (bicyclic) bond motifs is 1. The molecule has 6 heteroatoms. The molecule has 2 aromatic carbocycles. The zero-order chi connectivity index (χ0) is 22.1. The van der Waals surface area contributed by atoms with Gasteiger partial charge in [-0.05, 0) is 35.2 Å². The number of hydrogen-bond acceptors (Lipinski definition) is 5. The molecule has 3 aromatic rings. The number of carbonyl (C=O) groups excluding carboxylic acids is 2. The summed E-state index contributed by atoms with van der Waals surface area (Å²) in [5.74, 6) is -0.0156. The van der Waals surface area contributed by atoms with Crippen molar-refractivity contribution < 1.29 is 14.3 Å². The fourth-order valence-electron chi connectivity index (χ4n) is 4.45. The van der Waals surface area contributed by atoms with Crippen LogP contribution in [0.1, 0.15) is 22.3 Å². The van der Waals surface area contributed by atoms with Crippen molar-refractivity contribution in [3.05, 3.63) is 101 Å². The normalized spacial score (nSPS) is 15.9. The quantitative estimate of drug-likeness (QED) is 0.586. The molecule has 0 aliphatic carbocycles. The van der Waals surface area contributed by atoms with E-state index in [4.69, 9.17) is 4.74 Å². The van der Waals surface area contributed by atoms with Crippen LogP contribution in [-0.2, 0) is 29.1 Å². The van der Waals surface area contributed by atoms with E-state index < -0.39 is 0 Å². The Bertz CT molecular complexity index is 1220. The van der Waals surface area contributed by atoms with Crippen molar-refractivity contribution in [3.8, 4) is 5.75 Å². The number of ether oxygens (including phenoxy) is 1. The number of imide groups is 1. The largest absolute Gasteiger partial charge is 0.496 e. The summed E-state index contributed by atoms with van der Waals surface area (Å²) in [6.07, 6.45) is 4.17. The summed E-state index contributed by atoms with van der Waals surface area (Å²) >= 11 is 0. The Morgan fingerprint density at radius 1 is 0.938 bits per heavy atom. The monoisotopic (exact) mass is 425 g/mol. The lowest BCUT2D eigenvalue weighted by molar-refractivity contribution is -0.138. The van der Waals surface area contributed by atoms with Crippen LogP contribution in [0.15, 0.2) is 78.8 Å². The van der Waals surface area contributed by atoms with E-state index in [9.17, 15) is 9.59 Å². The van der Waals surface area contributed by atoms with Crippen molar-refractivity contribution in [2.24, 2.45) is 0 Å². The van der Waals surface area contributed by atoms with Gasteiger partial charge >= 0.3 is 0 Å². The van der Waals surface area contributed by atoms with E-state index in [1.807, 2.05) is 47.4 Å².